The topological polar surface area (TPSA) is 15.3 Å². The maximum absolute atomic E-state index is 3.39. The molecule has 0 rings (SSSR count). The van der Waals surface area contributed by atoms with Crippen molar-refractivity contribution in [2.24, 2.45) is 0 Å². The second-order valence-corrected chi connectivity index (χ2v) is 5.99. The molecule has 0 aliphatic heterocycles. The van der Waals surface area contributed by atoms with Gasteiger partial charge in [-0.2, -0.15) is 0 Å². The van der Waals surface area contributed by atoms with Gasteiger partial charge in [0.25, 0.3) is 0 Å². The summed E-state index contributed by atoms with van der Waals surface area (Å²) in [4.78, 5) is 2.45. The first kappa shape index (κ1) is 23.8. The van der Waals surface area contributed by atoms with Crippen LogP contribution in [0.1, 0.15) is 92.4 Å². The van der Waals surface area contributed by atoms with E-state index in [1.165, 1.54) is 77.5 Å². The standard InChI is InChI=1S/C12H25N.C8H19N/c1-4-7-10-13(11-8-5-2)12-9-6-3;1-3-5-7-9-8-6-4-2/h7,10H,4-6,8-9,11-12H2,1-3H3;9H,3-8H2,1-2H3. The summed E-state index contributed by atoms with van der Waals surface area (Å²) in [5.41, 5.74) is 0. The largest absolute Gasteiger partial charge is 0.378 e. The maximum atomic E-state index is 3.39. The molecule has 0 aliphatic rings. The number of nitrogens with one attached hydrogen (secondary N) is 1. The minimum Gasteiger partial charge on any atom is -0.378 e. The van der Waals surface area contributed by atoms with Gasteiger partial charge in [-0.1, -0.05) is 66.4 Å². The number of hydrogen-bond donors (Lipinski definition) is 1. The number of unbranched alkanes of at least 4 members (excludes halogenated alkanes) is 4. The van der Waals surface area contributed by atoms with Crippen molar-refractivity contribution in [3.63, 3.8) is 0 Å². The van der Waals surface area contributed by atoms with Gasteiger partial charge in [-0.25, -0.2) is 0 Å². The van der Waals surface area contributed by atoms with Crippen LogP contribution in [-0.2, 0) is 0 Å². The van der Waals surface area contributed by atoms with Gasteiger partial charge in [0, 0.05) is 13.1 Å². The molecule has 0 saturated heterocycles. The highest BCUT2D eigenvalue weighted by Crippen LogP contribution is 2.00. The van der Waals surface area contributed by atoms with Crippen molar-refractivity contribution in [3.05, 3.63) is 12.3 Å². The quantitative estimate of drug-likeness (QED) is 0.396. The normalized spacial score (nSPS) is 10.6. The molecule has 1 N–H and O–H groups in total. The van der Waals surface area contributed by atoms with Gasteiger partial charge >= 0.3 is 0 Å². The average Bonchev–Trinajstić information content (AvgIpc) is 2.55. The predicted octanol–water partition coefficient (Wildman–Crippen LogP) is 5.99. The number of rotatable bonds is 14. The van der Waals surface area contributed by atoms with E-state index in [2.05, 4.69) is 57.1 Å². The number of hydrogen-bond acceptors (Lipinski definition) is 2. The van der Waals surface area contributed by atoms with E-state index in [9.17, 15) is 0 Å². The highest BCUT2D eigenvalue weighted by molar-refractivity contribution is 4.81. The second-order valence-electron chi connectivity index (χ2n) is 5.99. The van der Waals surface area contributed by atoms with Gasteiger partial charge in [-0.05, 0) is 51.4 Å². The van der Waals surface area contributed by atoms with Gasteiger partial charge in [0.2, 0.25) is 0 Å². The summed E-state index contributed by atoms with van der Waals surface area (Å²) in [5, 5.41) is 3.39. The second kappa shape index (κ2) is 22.8. The van der Waals surface area contributed by atoms with Crippen LogP contribution in [0.4, 0.5) is 0 Å². The van der Waals surface area contributed by atoms with Gasteiger partial charge in [0.05, 0.1) is 0 Å². The van der Waals surface area contributed by atoms with Crippen LogP contribution < -0.4 is 5.32 Å². The fourth-order valence-electron chi connectivity index (χ4n) is 1.97. The van der Waals surface area contributed by atoms with Gasteiger partial charge in [-0.3, -0.25) is 0 Å². The van der Waals surface area contributed by atoms with Crippen molar-refractivity contribution in [2.75, 3.05) is 26.2 Å². The molecule has 0 fully saturated rings. The van der Waals surface area contributed by atoms with Crippen LogP contribution in [0.3, 0.4) is 0 Å². The third-order valence-corrected chi connectivity index (χ3v) is 3.56. The Hall–Kier alpha value is -0.500. The summed E-state index contributed by atoms with van der Waals surface area (Å²) >= 11 is 0. The van der Waals surface area contributed by atoms with Crippen LogP contribution in [-0.4, -0.2) is 31.1 Å². The molecule has 2 heteroatoms. The molecule has 0 aliphatic carbocycles. The van der Waals surface area contributed by atoms with Gasteiger partial charge in [0.15, 0.2) is 0 Å². The van der Waals surface area contributed by atoms with Crippen LogP contribution in [0.5, 0.6) is 0 Å². The molecule has 0 aromatic rings. The Morgan fingerprint density at radius 3 is 1.50 bits per heavy atom. The fourth-order valence-corrected chi connectivity index (χ4v) is 1.97. The third kappa shape index (κ3) is 21.8. The lowest BCUT2D eigenvalue weighted by Crippen LogP contribution is -2.19. The summed E-state index contributed by atoms with van der Waals surface area (Å²) in [6, 6.07) is 0. The lowest BCUT2D eigenvalue weighted by Gasteiger charge is -2.19. The van der Waals surface area contributed by atoms with Crippen LogP contribution >= 0.6 is 0 Å². The first-order valence-electron chi connectivity index (χ1n) is 9.87. The zero-order valence-electron chi connectivity index (χ0n) is 16.3. The van der Waals surface area contributed by atoms with Crippen LogP contribution in [0, 0.1) is 0 Å². The summed E-state index contributed by atoms with van der Waals surface area (Å²) in [6.07, 6.45) is 16.2. The molecule has 0 atom stereocenters. The summed E-state index contributed by atoms with van der Waals surface area (Å²) in [6.45, 7) is 16.0. The summed E-state index contributed by atoms with van der Waals surface area (Å²) < 4.78 is 0. The molecule has 0 amide bonds. The molecule has 0 radical (unpaired) electrons. The van der Waals surface area contributed by atoms with E-state index >= 15 is 0 Å². The van der Waals surface area contributed by atoms with E-state index in [1.807, 2.05) is 0 Å². The van der Waals surface area contributed by atoms with E-state index in [0.717, 1.165) is 6.42 Å². The van der Waals surface area contributed by atoms with E-state index in [-0.39, 0.29) is 0 Å². The number of nitrogens with zero attached hydrogens (tertiary/aromatic N) is 1. The summed E-state index contributed by atoms with van der Waals surface area (Å²) in [5.74, 6) is 0. The van der Waals surface area contributed by atoms with Crippen LogP contribution in [0.15, 0.2) is 12.3 Å². The minimum atomic E-state index is 1.15. The predicted molar refractivity (Wildman–Crippen MR) is 104 cm³/mol. The number of allylic oxidation sites excluding steroid dienone is 1. The molecule has 2 nitrogen and oxygen atoms in total. The monoisotopic (exact) mass is 312 g/mol. The molecule has 134 valence electrons. The molecule has 0 spiro atoms. The first-order valence-corrected chi connectivity index (χ1v) is 9.87. The van der Waals surface area contributed by atoms with Gasteiger partial charge < -0.3 is 10.2 Å². The van der Waals surface area contributed by atoms with E-state index in [4.69, 9.17) is 0 Å². The van der Waals surface area contributed by atoms with E-state index < -0.39 is 0 Å². The molecule has 0 heterocycles. The molecular weight excluding hydrogens is 268 g/mol. The van der Waals surface area contributed by atoms with E-state index in [1.54, 1.807) is 0 Å². The first-order chi connectivity index (χ1) is 10.8. The zero-order valence-corrected chi connectivity index (χ0v) is 16.3. The zero-order chi connectivity index (χ0) is 16.9. The van der Waals surface area contributed by atoms with Crippen molar-refractivity contribution < 1.29 is 0 Å². The van der Waals surface area contributed by atoms with E-state index in [0.29, 0.717) is 0 Å². The van der Waals surface area contributed by atoms with Gasteiger partial charge in [-0.15, -0.1) is 0 Å². The molecule has 22 heavy (non-hydrogen) atoms. The Balaban J connectivity index is 0. The molecule has 0 aromatic heterocycles. The van der Waals surface area contributed by atoms with Crippen molar-refractivity contribution in [1.82, 2.24) is 10.2 Å². The summed E-state index contributed by atoms with van der Waals surface area (Å²) in [7, 11) is 0. The molecule has 0 saturated carbocycles. The SMILES string of the molecule is CCC=CN(CCCC)CCCC.CCCCNCCCC. The van der Waals surface area contributed by atoms with Crippen molar-refractivity contribution in [2.45, 2.75) is 92.4 Å². The minimum absolute atomic E-state index is 1.15. The maximum Gasteiger partial charge on any atom is 0.0172 e. The van der Waals surface area contributed by atoms with Crippen LogP contribution in [0.2, 0.25) is 0 Å². The van der Waals surface area contributed by atoms with Crippen molar-refractivity contribution >= 4 is 0 Å². The Morgan fingerprint density at radius 1 is 0.682 bits per heavy atom. The Morgan fingerprint density at radius 2 is 1.14 bits per heavy atom. The van der Waals surface area contributed by atoms with Crippen molar-refractivity contribution in [3.8, 4) is 0 Å². The Bertz CT molecular complexity index is 188. The smallest absolute Gasteiger partial charge is 0.0172 e. The molecule has 0 unspecified atom stereocenters. The fraction of sp³-hybridized carbons (Fsp3) is 0.900. The molecular formula is C20H44N2. The molecule has 0 bridgehead atoms. The highest BCUT2D eigenvalue weighted by Gasteiger charge is 1.96. The van der Waals surface area contributed by atoms with Crippen molar-refractivity contribution in [1.29, 1.82) is 0 Å². The van der Waals surface area contributed by atoms with Crippen LogP contribution in [0.25, 0.3) is 0 Å². The Kier molecular flexibility index (Phi) is 24.6. The highest BCUT2D eigenvalue weighted by atomic mass is 15.1. The lowest BCUT2D eigenvalue weighted by molar-refractivity contribution is 0.359. The lowest BCUT2D eigenvalue weighted by atomic mass is 10.2. The molecule has 0 aromatic carbocycles. The van der Waals surface area contributed by atoms with Gasteiger partial charge in [0.1, 0.15) is 0 Å². The Labute approximate surface area is 141 Å². The average molecular weight is 313 g/mol. The third-order valence-electron chi connectivity index (χ3n) is 3.56.